The van der Waals surface area contributed by atoms with Crippen molar-refractivity contribution in [3.63, 3.8) is 0 Å². The average Bonchev–Trinajstić information content (AvgIpc) is 2.78. The molecule has 0 spiro atoms. The van der Waals surface area contributed by atoms with E-state index in [0.29, 0.717) is 6.42 Å². The van der Waals surface area contributed by atoms with Gasteiger partial charge in [-0.05, 0) is 39.0 Å². The Kier molecular flexibility index (Phi) is 19.1. The molecule has 0 amide bonds. The van der Waals surface area contributed by atoms with Crippen LogP contribution in [0, 0.1) is 11.8 Å². The van der Waals surface area contributed by atoms with E-state index in [1.807, 2.05) is 57.2 Å². The van der Waals surface area contributed by atoms with E-state index in [1.165, 1.54) is 0 Å². The third-order valence-corrected chi connectivity index (χ3v) is 5.90. The Morgan fingerprint density at radius 3 is 2.06 bits per heavy atom. The number of ether oxygens (including phenoxy) is 1. The van der Waals surface area contributed by atoms with Crippen LogP contribution < -0.4 is 0 Å². The molecule has 0 aliphatic carbocycles. The standard InChI is InChI=1S/C29H48O6/c1-6-8-9-10-11-12-13-14-15-16-18-22(3)29(34)23(4)24(5)35-28(33)21-27(32)20-26(31)19-25(30)17-7-2/h6,8-11,14-16,18,22-27,29-32,34H,1,7,12-13,17,19-21H2,2-5H3/b9-8+,11-10+,15-14+,18-16+/t22-,23-,24-,25+,26+,27+,29+/m0/s1. The van der Waals surface area contributed by atoms with E-state index in [1.54, 1.807) is 13.0 Å². The fourth-order valence-corrected chi connectivity index (χ4v) is 3.61. The zero-order valence-electron chi connectivity index (χ0n) is 22.0. The number of hydrogen-bond acceptors (Lipinski definition) is 6. The van der Waals surface area contributed by atoms with Gasteiger partial charge in [0.2, 0.25) is 0 Å². The van der Waals surface area contributed by atoms with Gasteiger partial charge in [-0.1, -0.05) is 88.5 Å². The molecule has 0 unspecified atom stereocenters. The molecular formula is C29H48O6. The second-order valence-electron chi connectivity index (χ2n) is 9.27. The van der Waals surface area contributed by atoms with Gasteiger partial charge in [-0.25, -0.2) is 0 Å². The molecule has 0 saturated heterocycles. The van der Waals surface area contributed by atoms with E-state index >= 15 is 0 Å². The number of carbonyl (C=O) groups is 1. The number of aliphatic hydroxyl groups excluding tert-OH is 4. The van der Waals surface area contributed by atoms with Crippen LogP contribution in [0.15, 0.2) is 61.3 Å². The highest BCUT2D eigenvalue weighted by atomic mass is 16.5. The van der Waals surface area contributed by atoms with Crippen LogP contribution in [0.25, 0.3) is 0 Å². The summed E-state index contributed by atoms with van der Waals surface area (Å²) < 4.78 is 5.42. The van der Waals surface area contributed by atoms with Gasteiger partial charge < -0.3 is 25.2 Å². The molecule has 6 nitrogen and oxygen atoms in total. The van der Waals surface area contributed by atoms with Crippen molar-refractivity contribution in [2.75, 3.05) is 0 Å². The van der Waals surface area contributed by atoms with Crippen molar-refractivity contribution in [1.29, 1.82) is 0 Å². The summed E-state index contributed by atoms with van der Waals surface area (Å²) in [5.41, 5.74) is 0. The lowest BCUT2D eigenvalue weighted by Gasteiger charge is -2.28. The lowest BCUT2D eigenvalue weighted by atomic mass is 9.89. The third kappa shape index (κ3) is 17.1. The molecule has 0 fully saturated rings. The maximum absolute atomic E-state index is 12.2. The maximum atomic E-state index is 12.2. The Morgan fingerprint density at radius 1 is 0.857 bits per heavy atom. The predicted octanol–water partition coefficient (Wildman–Crippen LogP) is 4.80. The summed E-state index contributed by atoms with van der Waals surface area (Å²) in [4.78, 5) is 12.2. The Morgan fingerprint density at radius 2 is 1.46 bits per heavy atom. The highest BCUT2D eigenvalue weighted by molar-refractivity contribution is 5.70. The molecule has 0 aromatic rings. The predicted molar refractivity (Wildman–Crippen MR) is 143 cm³/mol. The number of carbonyl (C=O) groups excluding carboxylic acids is 1. The van der Waals surface area contributed by atoms with Crippen LogP contribution in [0.4, 0.5) is 0 Å². The molecular weight excluding hydrogens is 444 g/mol. The second-order valence-corrected chi connectivity index (χ2v) is 9.27. The monoisotopic (exact) mass is 492 g/mol. The second kappa shape index (κ2) is 20.2. The van der Waals surface area contributed by atoms with Gasteiger partial charge in [-0.15, -0.1) is 0 Å². The van der Waals surface area contributed by atoms with Crippen molar-refractivity contribution < 1.29 is 30.0 Å². The highest BCUT2D eigenvalue weighted by Crippen LogP contribution is 2.21. The van der Waals surface area contributed by atoms with Crippen LogP contribution >= 0.6 is 0 Å². The van der Waals surface area contributed by atoms with Gasteiger partial charge in [-0.2, -0.15) is 0 Å². The van der Waals surface area contributed by atoms with Gasteiger partial charge in [0.1, 0.15) is 6.10 Å². The number of unbranched alkanes of at least 4 members (excludes halogenated alkanes) is 1. The quantitative estimate of drug-likeness (QED) is 0.117. The van der Waals surface area contributed by atoms with Crippen LogP contribution in [0.3, 0.4) is 0 Å². The van der Waals surface area contributed by atoms with E-state index in [0.717, 1.165) is 19.3 Å². The number of hydrogen-bond donors (Lipinski definition) is 4. The van der Waals surface area contributed by atoms with Gasteiger partial charge in [-0.3, -0.25) is 4.79 Å². The minimum Gasteiger partial charge on any atom is -0.462 e. The largest absolute Gasteiger partial charge is 0.462 e. The summed E-state index contributed by atoms with van der Waals surface area (Å²) in [7, 11) is 0. The topological polar surface area (TPSA) is 107 Å². The molecule has 7 atom stereocenters. The SMILES string of the molecule is C=C/C=C/C=C/CC/C=C/C=C/[C@H](C)[C@@H](O)[C@@H](C)[C@H](C)OC(=O)C[C@H](O)C[C@H](O)C[C@H](O)CCC. The molecule has 200 valence electrons. The molecule has 35 heavy (non-hydrogen) atoms. The van der Waals surface area contributed by atoms with E-state index in [9.17, 15) is 25.2 Å². The molecule has 0 saturated carbocycles. The fraction of sp³-hybridized carbons (Fsp3) is 0.621. The number of aliphatic hydroxyl groups is 4. The van der Waals surface area contributed by atoms with Crippen LogP contribution in [0.5, 0.6) is 0 Å². The van der Waals surface area contributed by atoms with Crippen molar-refractivity contribution in [1.82, 2.24) is 0 Å². The zero-order valence-corrected chi connectivity index (χ0v) is 22.0. The molecule has 0 bridgehead atoms. The van der Waals surface area contributed by atoms with Crippen LogP contribution in [-0.4, -0.2) is 56.9 Å². The zero-order chi connectivity index (χ0) is 26.6. The van der Waals surface area contributed by atoms with E-state index in [2.05, 4.69) is 18.7 Å². The lowest BCUT2D eigenvalue weighted by molar-refractivity contribution is -0.155. The van der Waals surface area contributed by atoms with Gasteiger partial charge in [0.05, 0.1) is 30.8 Å². The maximum Gasteiger partial charge on any atom is 0.308 e. The van der Waals surface area contributed by atoms with Gasteiger partial charge in [0.15, 0.2) is 0 Å². The van der Waals surface area contributed by atoms with Crippen LogP contribution in [0.2, 0.25) is 0 Å². The van der Waals surface area contributed by atoms with Crippen LogP contribution in [0.1, 0.15) is 72.6 Å². The summed E-state index contributed by atoms with van der Waals surface area (Å²) in [5.74, 6) is -1.01. The molecule has 0 aromatic heterocycles. The van der Waals surface area contributed by atoms with Crippen molar-refractivity contribution >= 4 is 5.97 Å². The van der Waals surface area contributed by atoms with Crippen molar-refractivity contribution in [3.05, 3.63) is 61.3 Å². The first-order valence-electron chi connectivity index (χ1n) is 12.8. The Bertz CT molecular complexity index is 681. The van der Waals surface area contributed by atoms with Crippen molar-refractivity contribution in [2.45, 2.75) is 103 Å². The van der Waals surface area contributed by atoms with Crippen LogP contribution in [-0.2, 0) is 9.53 Å². The third-order valence-electron chi connectivity index (χ3n) is 5.90. The Hall–Kier alpha value is -1.99. The summed E-state index contributed by atoms with van der Waals surface area (Å²) in [6.45, 7) is 11.0. The van der Waals surface area contributed by atoms with Gasteiger partial charge >= 0.3 is 5.97 Å². The molecule has 0 aliphatic rings. The lowest BCUT2D eigenvalue weighted by Crippen LogP contribution is -2.35. The summed E-state index contributed by atoms with van der Waals surface area (Å²) >= 11 is 0. The average molecular weight is 493 g/mol. The van der Waals surface area contributed by atoms with Crippen molar-refractivity contribution in [3.8, 4) is 0 Å². The van der Waals surface area contributed by atoms with E-state index < -0.39 is 36.5 Å². The summed E-state index contributed by atoms with van der Waals surface area (Å²) in [5, 5.41) is 40.5. The smallest absolute Gasteiger partial charge is 0.308 e. The molecule has 0 aromatic carbocycles. The minimum atomic E-state index is -1.05. The van der Waals surface area contributed by atoms with Crippen molar-refractivity contribution in [2.24, 2.45) is 11.8 Å². The fourth-order valence-electron chi connectivity index (χ4n) is 3.61. The molecule has 0 radical (unpaired) electrons. The first-order chi connectivity index (χ1) is 16.6. The van der Waals surface area contributed by atoms with Gasteiger partial charge in [0, 0.05) is 11.8 Å². The Labute approximate surface area is 212 Å². The Balaban J connectivity index is 4.40. The first kappa shape index (κ1) is 33.0. The summed E-state index contributed by atoms with van der Waals surface area (Å²) in [6, 6.07) is 0. The highest BCUT2D eigenvalue weighted by Gasteiger charge is 2.28. The first-order valence-corrected chi connectivity index (χ1v) is 12.8. The summed E-state index contributed by atoms with van der Waals surface area (Å²) in [6.07, 6.45) is 16.9. The molecule has 0 rings (SSSR count). The molecule has 0 aliphatic heterocycles. The number of allylic oxidation sites excluding steroid dienone is 8. The van der Waals surface area contributed by atoms with Gasteiger partial charge in [0.25, 0.3) is 0 Å². The minimum absolute atomic E-state index is 0.000424. The normalized spacial score (nSPS) is 18.6. The van der Waals surface area contributed by atoms with E-state index in [4.69, 9.17) is 4.74 Å². The number of esters is 1. The molecule has 0 heterocycles. The molecule has 6 heteroatoms. The number of rotatable bonds is 19. The van der Waals surface area contributed by atoms with E-state index in [-0.39, 0.29) is 31.1 Å². The molecule has 4 N–H and O–H groups in total.